The fourth-order valence-electron chi connectivity index (χ4n) is 3.16. The first-order chi connectivity index (χ1) is 11.7. The van der Waals surface area contributed by atoms with Crippen LogP contribution < -0.4 is 0 Å². The van der Waals surface area contributed by atoms with Crippen molar-refractivity contribution >= 4 is 16.9 Å². The Morgan fingerprint density at radius 3 is 1.83 bits per heavy atom. The first-order valence-electron chi connectivity index (χ1n) is 7.56. The molecule has 0 unspecified atom stereocenters. The second-order valence-electron chi connectivity index (χ2n) is 5.59. The van der Waals surface area contributed by atoms with Gasteiger partial charge in [0.1, 0.15) is 11.6 Å². The molecule has 4 rings (SSSR count). The highest BCUT2D eigenvalue weighted by molar-refractivity contribution is 6.41. The average molecular weight is 318 g/mol. The molecule has 0 fully saturated rings. The molecule has 0 aromatic heterocycles. The molecule has 0 saturated heterocycles. The van der Waals surface area contributed by atoms with Crippen LogP contribution in [0.4, 0.5) is 8.78 Å². The number of hydrogen-bond acceptors (Lipinski definition) is 1. The van der Waals surface area contributed by atoms with E-state index in [-0.39, 0.29) is 16.9 Å². The van der Waals surface area contributed by atoms with E-state index in [0.29, 0.717) is 16.7 Å². The predicted molar refractivity (Wildman–Crippen MR) is 89.5 cm³/mol. The molecular formula is C21H12F2O. The quantitative estimate of drug-likeness (QED) is 0.641. The Morgan fingerprint density at radius 1 is 0.583 bits per heavy atom. The summed E-state index contributed by atoms with van der Waals surface area (Å²) >= 11 is 0. The van der Waals surface area contributed by atoms with Gasteiger partial charge in [-0.15, -0.1) is 0 Å². The molecule has 0 aliphatic heterocycles. The van der Waals surface area contributed by atoms with Crippen LogP contribution in [0.3, 0.4) is 0 Å². The first-order valence-corrected chi connectivity index (χ1v) is 7.56. The van der Waals surface area contributed by atoms with Gasteiger partial charge in [-0.25, -0.2) is 8.78 Å². The van der Waals surface area contributed by atoms with Gasteiger partial charge in [-0.3, -0.25) is 4.79 Å². The van der Waals surface area contributed by atoms with Gasteiger partial charge in [-0.05, 0) is 23.3 Å². The standard InChI is InChI=1S/C21H12F2O/c22-16-11-6-12-17(23)19(16)20-18(13-7-2-1-3-8-13)14-9-4-5-10-15(14)21(20)24/h1-12H. The third-order valence-electron chi connectivity index (χ3n) is 4.19. The Balaban J connectivity index is 2.10. The van der Waals surface area contributed by atoms with Crippen molar-refractivity contribution in [3.05, 3.63) is 107 Å². The summed E-state index contributed by atoms with van der Waals surface area (Å²) in [6.45, 7) is 0. The molecule has 1 nitrogen and oxygen atoms in total. The minimum atomic E-state index is -0.736. The summed E-state index contributed by atoms with van der Waals surface area (Å²) in [5.41, 5.74) is 2.31. The number of benzene rings is 3. The molecule has 3 aromatic carbocycles. The molecule has 24 heavy (non-hydrogen) atoms. The molecule has 0 atom stereocenters. The monoisotopic (exact) mass is 318 g/mol. The van der Waals surface area contributed by atoms with E-state index in [1.54, 1.807) is 18.2 Å². The number of carbonyl (C=O) groups excluding carboxylic acids is 1. The summed E-state index contributed by atoms with van der Waals surface area (Å²) in [6, 6.07) is 19.9. The molecule has 0 spiro atoms. The minimum absolute atomic E-state index is 0.0815. The summed E-state index contributed by atoms with van der Waals surface area (Å²) in [5, 5.41) is 0. The summed E-state index contributed by atoms with van der Waals surface area (Å²) in [4.78, 5) is 12.9. The molecule has 0 amide bonds. The second kappa shape index (κ2) is 5.53. The Kier molecular flexibility index (Phi) is 3.35. The van der Waals surface area contributed by atoms with E-state index in [1.165, 1.54) is 18.2 Å². The zero-order valence-electron chi connectivity index (χ0n) is 12.6. The predicted octanol–water partition coefficient (Wildman–Crippen LogP) is 5.12. The highest BCUT2D eigenvalue weighted by atomic mass is 19.1. The van der Waals surface area contributed by atoms with E-state index in [0.717, 1.165) is 5.56 Å². The lowest BCUT2D eigenvalue weighted by atomic mass is 9.94. The maximum atomic E-state index is 14.4. The lowest BCUT2D eigenvalue weighted by molar-refractivity contribution is 0.105. The third-order valence-corrected chi connectivity index (χ3v) is 4.19. The number of allylic oxidation sites excluding steroid dienone is 1. The molecule has 3 heteroatoms. The van der Waals surface area contributed by atoms with Crippen LogP contribution in [0, 0.1) is 11.6 Å². The van der Waals surface area contributed by atoms with Crippen molar-refractivity contribution < 1.29 is 13.6 Å². The Morgan fingerprint density at radius 2 is 1.17 bits per heavy atom. The number of ketones is 1. The van der Waals surface area contributed by atoms with Crippen molar-refractivity contribution in [3.8, 4) is 0 Å². The van der Waals surface area contributed by atoms with Crippen LogP contribution in [-0.4, -0.2) is 5.78 Å². The van der Waals surface area contributed by atoms with Crippen LogP contribution in [0.25, 0.3) is 11.1 Å². The van der Waals surface area contributed by atoms with E-state index in [1.807, 2.05) is 36.4 Å². The second-order valence-corrected chi connectivity index (χ2v) is 5.59. The van der Waals surface area contributed by atoms with Crippen LogP contribution in [0.5, 0.6) is 0 Å². The van der Waals surface area contributed by atoms with Gasteiger partial charge < -0.3 is 0 Å². The van der Waals surface area contributed by atoms with E-state index < -0.39 is 11.6 Å². The van der Waals surface area contributed by atoms with E-state index in [2.05, 4.69) is 0 Å². The molecule has 0 heterocycles. The van der Waals surface area contributed by atoms with E-state index in [4.69, 9.17) is 0 Å². The molecule has 0 radical (unpaired) electrons. The van der Waals surface area contributed by atoms with E-state index in [9.17, 15) is 13.6 Å². The summed E-state index contributed by atoms with van der Waals surface area (Å²) in [6.07, 6.45) is 0. The highest BCUT2D eigenvalue weighted by Gasteiger charge is 2.33. The minimum Gasteiger partial charge on any atom is -0.289 e. The zero-order chi connectivity index (χ0) is 16.7. The summed E-state index contributed by atoms with van der Waals surface area (Å²) in [5.74, 6) is -1.83. The maximum Gasteiger partial charge on any atom is 0.195 e. The first kappa shape index (κ1) is 14.5. The van der Waals surface area contributed by atoms with E-state index >= 15 is 0 Å². The number of rotatable bonds is 2. The van der Waals surface area contributed by atoms with Crippen molar-refractivity contribution in [2.75, 3.05) is 0 Å². The van der Waals surface area contributed by atoms with Crippen molar-refractivity contribution in [1.82, 2.24) is 0 Å². The highest BCUT2D eigenvalue weighted by Crippen LogP contribution is 2.43. The maximum absolute atomic E-state index is 14.4. The number of fused-ring (bicyclic) bond motifs is 1. The molecule has 116 valence electrons. The third kappa shape index (κ3) is 2.09. The van der Waals surface area contributed by atoms with Gasteiger partial charge >= 0.3 is 0 Å². The summed E-state index contributed by atoms with van der Waals surface area (Å²) in [7, 11) is 0. The fraction of sp³-hybridized carbons (Fsp3) is 0. The molecule has 3 aromatic rings. The van der Waals surface area contributed by atoms with Gasteiger partial charge in [-0.1, -0.05) is 60.7 Å². The molecule has 0 N–H and O–H groups in total. The number of hydrogen-bond donors (Lipinski definition) is 0. The van der Waals surface area contributed by atoms with Crippen molar-refractivity contribution in [2.24, 2.45) is 0 Å². The van der Waals surface area contributed by atoms with Crippen molar-refractivity contribution in [1.29, 1.82) is 0 Å². The summed E-state index contributed by atoms with van der Waals surface area (Å²) < 4.78 is 28.7. The number of carbonyl (C=O) groups is 1. The number of halogens is 2. The lowest BCUT2D eigenvalue weighted by Gasteiger charge is -2.10. The molecular weight excluding hydrogens is 306 g/mol. The largest absolute Gasteiger partial charge is 0.289 e. The van der Waals surface area contributed by atoms with Gasteiger partial charge in [0.2, 0.25) is 0 Å². The SMILES string of the molecule is O=C1C(c2c(F)cccc2F)=C(c2ccccc2)c2ccccc21. The topological polar surface area (TPSA) is 17.1 Å². The van der Waals surface area contributed by atoms with Gasteiger partial charge in [0.25, 0.3) is 0 Å². The van der Waals surface area contributed by atoms with Crippen LogP contribution in [0.15, 0.2) is 72.8 Å². The number of Topliss-reactive ketones (excluding diaryl/α,β-unsaturated/α-hetero) is 1. The average Bonchev–Trinajstić information content (AvgIpc) is 2.89. The molecule has 1 aliphatic rings. The normalized spacial score (nSPS) is 13.3. The van der Waals surface area contributed by atoms with Crippen LogP contribution in [0.2, 0.25) is 0 Å². The smallest absolute Gasteiger partial charge is 0.195 e. The Hall–Kier alpha value is -3.07. The van der Waals surface area contributed by atoms with Crippen molar-refractivity contribution in [2.45, 2.75) is 0 Å². The van der Waals surface area contributed by atoms with Gasteiger partial charge in [0.15, 0.2) is 5.78 Å². The molecule has 0 bridgehead atoms. The van der Waals surface area contributed by atoms with Crippen molar-refractivity contribution in [3.63, 3.8) is 0 Å². The van der Waals surface area contributed by atoms with Gasteiger partial charge in [0, 0.05) is 16.7 Å². The lowest BCUT2D eigenvalue weighted by Crippen LogP contribution is -2.03. The molecule has 1 aliphatic carbocycles. The zero-order valence-corrected chi connectivity index (χ0v) is 12.6. The van der Waals surface area contributed by atoms with Gasteiger partial charge in [-0.2, -0.15) is 0 Å². The Labute approximate surface area is 137 Å². The van der Waals surface area contributed by atoms with Crippen LogP contribution >= 0.6 is 0 Å². The van der Waals surface area contributed by atoms with Crippen LogP contribution in [0.1, 0.15) is 27.0 Å². The Bertz CT molecular complexity index is 967. The molecule has 0 saturated carbocycles. The van der Waals surface area contributed by atoms with Gasteiger partial charge in [0.05, 0.1) is 5.56 Å². The fourth-order valence-corrected chi connectivity index (χ4v) is 3.16. The van der Waals surface area contributed by atoms with Crippen LogP contribution in [-0.2, 0) is 0 Å².